The lowest BCUT2D eigenvalue weighted by Gasteiger charge is -2.06. The Labute approximate surface area is 149 Å². The largest absolute Gasteiger partial charge is 0.292 e. The molecule has 4 aromatic rings. The van der Waals surface area contributed by atoms with Gasteiger partial charge in [-0.2, -0.15) is 5.10 Å². The normalized spacial score (nSPS) is 11.0. The molecule has 0 atom stereocenters. The standard InChI is InChI=1S/C20H16N4O2/c1-14-7-9-15(10-8-14)18(25)12-23-13-21-19-17(20(23)26)11-22-24(19)16-5-3-2-4-6-16/h2-11,13H,12H2,1H3. The Morgan fingerprint density at radius 2 is 1.77 bits per heavy atom. The summed E-state index contributed by atoms with van der Waals surface area (Å²) in [6.45, 7) is 1.91. The highest BCUT2D eigenvalue weighted by molar-refractivity contribution is 5.96. The monoisotopic (exact) mass is 344 g/mol. The van der Waals surface area contributed by atoms with Crippen molar-refractivity contribution in [2.75, 3.05) is 0 Å². The van der Waals surface area contributed by atoms with Gasteiger partial charge in [0.2, 0.25) is 0 Å². The summed E-state index contributed by atoms with van der Waals surface area (Å²) in [5, 5.41) is 4.65. The number of aromatic nitrogens is 4. The first-order valence-corrected chi connectivity index (χ1v) is 8.22. The molecule has 6 heteroatoms. The zero-order chi connectivity index (χ0) is 18.1. The van der Waals surface area contributed by atoms with E-state index in [0.717, 1.165) is 11.3 Å². The van der Waals surface area contributed by atoms with Gasteiger partial charge in [0.25, 0.3) is 5.56 Å². The topological polar surface area (TPSA) is 69.8 Å². The minimum absolute atomic E-state index is 0.0542. The van der Waals surface area contributed by atoms with Crippen LogP contribution in [0.3, 0.4) is 0 Å². The Hall–Kier alpha value is -3.54. The Balaban J connectivity index is 1.70. The lowest BCUT2D eigenvalue weighted by Crippen LogP contribution is -2.24. The molecule has 128 valence electrons. The van der Waals surface area contributed by atoms with Crippen LogP contribution in [0, 0.1) is 6.92 Å². The molecule has 0 aliphatic rings. The molecule has 0 spiro atoms. The molecule has 0 unspecified atom stereocenters. The summed E-state index contributed by atoms with van der Waals surface area (Å²) in [6.07, 6.45) is 2.89. The van der Waals surface area contributed by atoms with Crippen LogP contribution < -0.4 is 5.56 Å². The number of hydrogen-bond donors (Lipinski definition) is 0. The second-order valence-electron chi connectivity index (χ2n) is 6.10. The zero-order valence-corrected chi connectivity index (χ0v) is 14.2. The highest BCUT2D eigenvalue weighted by atomic mass is 16.1. The minimum Gasteiger partial charge on any atom is -0.292 e. The molecular weight excluding hydrogens is 328 g/mol. The van der Waals surface area contributed by atoms with Crippen LogP contribution in [0.2, 0.25) is 0 Å². The number of Topliss-reactive ketones (excluding diaryl/α,β-unsaturated/α-hetero) is 1. The molecule has 0 saturated carbocycles. The van der Waals surface area contributed by atoms with Crippen molar-refractivity contribution in [3.63, 3.8) is 0 Å². The molecule has 26 heavy (non-hydrogen) atoms. The smallest absolute Gasteiger partial charge is 0.264 e. The fourth-order valence-corrected chi connectivity index (χ4v) is 2.80. The van der Waals surface area contributed by atoms with E-state index in [1.807, 2.05) is 49.4 Å². The Bertz CT molecular complexity index is 1140. The van der Waals surface area contributed by atoms with Gasteiger partial charge in [-0.15, -0.1) is 0 Å². The average molecular weight is 344 g/mol. The maximum absolute atomic E-state index is 12.7. The number of nitrogens with zero attached hydrogens (tertiary/aromatic N) is 4. The van der Waals surface area contributed by atoms with E-state index < -0.39 is 0 Å². The fourth-order valence-electron chi connectivity index (χ4n) is 2.80. The molecule has 2 aromatic carbocycles. The van der Waals surface area contributed by atoms with E-state index in [1.54, 1.807) is 16.8 Å². The maximum Gasteiger partial charge on any atom is 0.264 e. The van der Waals surface area contributed by atoms with Gasteiger partial charge in [0.1, 0.15) is 11.7 Å². The van der Waals surface area contributed by atoms with E-state index in [2.05, 4.69) is 10.1 Å². The van der Waals surface area contributed by atoms with E-state index in [9.17, 15) is 9.59 Å². The summed E-state index contributed by atoms with van der Waals surface area (Å²) in [7, 11) is 0. The number of carbonyl (C=O) groups excluding carboxylic acids is 1. The van der Waals surface area contributed by atoms with Crippen LogP contribution in [0.4, 0.5) is 0 Å². The number of para-hydroxylation sites is 1. The Kier molecular flexibility index (Phi) is 3.93. The number of hydrogen-bond acceptors (Lipinski definition) is 4. The molecule has 0 N–H and O–H groups in total. The van der Waals surface area contributed by atoms with Gasteiger partial charge < -0.3 is 0 Å². The third-order valence-electron chi connectivity index (χ3n) is 4.24. The van der Waals surface area contributed by atoms with Gasteiger partial charge in [-0.3, -0.25) is 14.2 Å². The molecule has 0 fully saturated rings. The van der Waals surface area contributed by atoms with Crippen molar-refractivity contribution in [1.29, 1.82) is 0 Å². The van der Waals surface area contributed by atoms with Gasteiger partial charge in [0.15, 0.2) is 11.4 Å². The first kappa shape index (κ1) is 16.0. The molecule has 0 radical (unpaired) electrons. The third-order valence-corrected chi connectivity index (χ3v) is 4.24. The summed E-state index contributed by atoms with van der Waals surface area (Å²) in [5.74, 6) is -0.135. The number of rotatable bonds is 4. The molecule has 2 aromatic heterocycles. The predicted octanol–water partition coefficient (Wildman–Crippen LogP) is 2.77. The molecule has 0 saturated heterocycles. The van der Waals surface area contributed by atoms with Crippen molar-refractivity contribution in [2.24, 2.45) is 0 Å². The average Bonchev–Trinajstić information content (AvgIpc) is 3.10. The van der Waals surface area contributed by atoms with Crippen LogP contribution >= 0.6 is 0 Å². The van der Waals surface area contributed by atoms with E-state index in [4.69, 9.17) is 0 Å². The molecule has 0 bridgehead atoms. The van der Waals surface area contributed by atoms with Gasteiger partial charge in [0, 0.05) is 5.56 Å². The third kappa shape index (κ3) is 2.82. The number of aryl methyl sites for hydroxylation is 1. The number of benzene rings is 2. The fraction of sp³-hybridized carbons (Fsp3) is 0.100. The number of carbonyl (C=O) groups is 1. The van der Waals surface area contributed by atoms with Gasteiger partial charge in [-0.1, -0.05) is 48.0 Å². The number of ketones is 1. The second-order valence-corrected chi connectivity index (χ2v) is 6.10. The molecule has 0 aliphatic carbocycles. The zero-order valence-electron chi connectivity index (χ0n) is 14.2. The lowest BCUT2D eigenvalue weighted by molar-refractivity contribution is 0.0970. The van der Waals surface area contributed by atoms with Crippen LogP contribution in [0.15, 0.2) is 71.9 Å². The quantitative estimate of drug-likeness (QED) is 0.534. The van der Waals surface area contributed by atoms with Gasteiger partial charge in [-0.05, 0) is 19.1 Å². The molecular formula is C20H16N4O2. The van der Waals surface area contributed by atoms with Gasteiger partial charge in [0.05, 0.1) is 18.4 Å². The van der Waals surface area contributed by atoms with Crippen molar-refractivity contribution < 1.29 is 4.79 Å². The first-order valence-electron chi connectivity index (χ1n) is 8.22. The van der Waals surface area contributed by atoms with E-state index in [1.165, 1.54) is 17.1 Å². The Morgan fingerprint density at radius 3 is 2.50 bits per heavy atom. The summed E-state index contributed by atoms with van der Waals surface area (Å²) in [4.78, 5) is 29.5. The molecule has 6 nitrogen and oxygen atoms in total. The maximum atomic E-state index is 12.7. The Morgan fingerprint density at radius 1 is 1.04 bits per heavy atom. The molecule has 0 aliphatic heterocycles. The molecule has 2 heterocycles. The van der Waals surface area contributed by atoms with E-state index in [-0.39, 0.29) is 17.9 Å². The predicted molar refractivity (Wildman–Crippen MR) is 98.6 cm³/mol. The van der Waals surface area contributed by atoms with Crippen molar-refractivity contribution in [2.45, 2.75) is 13.5 Å². The first-order chi connectivity index (χ1) is 12.6. The molecule has 0 amide bonds. The molecule has 4 rings (SSSR count). The summed E-state index contributed by atoms with van der Waals surface area (Å²) in [5.41, 5.74) is 2.67. The summed E-state index contributed by atoms with van der Waals surface area (Å²) < 4.78 is 2.93. The highest BCUT2D eigenvalue weighted by Gasteiger charge is 2.14. The van der Waals surface area contributed by atoms with Crippen molar-refractivity contribution in [3.05, 3.63) is 88.6 Å². The van der Waals surface area contributed by atoms with E-state index in [0.29, 0.717) is 16.6 Å². The summed E-state index contributed by atoms with van der Waals surface area (Å²) >= 11 is 0. The van der Waals surface area contributed by atoms with E-state index >= 15 is 0 Å². The van der Waals surface area contributed by atoms with Crippen molar-refractivity contribution in [3.8, 4) is 5.69 Å². The second kappa shape index (κ2) is 6.40. The van der Waals surface area contributed by atoms with Crippen LogP contribution in [0.1, 0.15) is 15.9 Å². The van der Waals surface area contributed by atoms with Crippen molar-refractivity contribution in [1.82, 2.24) is 19.3 Å². The SMILES string of the molecule is Cc1ccc(C(=O)Cn2cnc3c(cnn3-c3ccccc3)c2=O)cc1. The minimum atomic E-state index is -0.280. The van der Waals surface area contributed by atoms with Crippen LogP contribution in [0.5, 0.6) is 0 Å². The van der Waals surface area contributed by atoms with Crippen molar-refractivity contribution >= 4 is 16.8 Å². The van der Waals surface area contributed by atoms with Crippen LogP contribution in [-0.2, 0) is 6.54 Å². The van der Waals surface area contributed by atoms with Gasteiger partial charge in [-0.25, -0.2) is 9.67 Å². The van der Waals surface area contributed by atoms with Crippen LogP contribution in [-0.4, -0.2) is 25.1 Å². The highest BCUT2D eigenvalue weighted by Crippen LogP contribution is 2.13. The number of fused-ring (bicyclic) bond motifs is 1. The van der Waals surface area contributed by atoms with Crippen LogP contribution in [0.25, 0.3) is 16.7 Å². The lowest BCUT2D eigenvalue weighted by atomic mass is 10.1. The summed E-state index contributed by atoms with van der Waals surface area (Å²) in [6, 6.07) is 16.8. The van der Waals surface area contributed by atoms with Gasteiger partial charge >= 0.3 is 0 Å².